The third-order valence-electron chi connectivity index (χ3n) is 2.84. The van der Waals surface area contributed by atoms with E-state index in [0.29, 0.717) is 5.92 Å². The van der Waals surface area contributed by atoms with Crippen LogP contribution in [0.15, 0.2) is 0 Å². The fourth-order valence-corrected chi connectivity index (χ4v) is 1.83. The quantitative estimate of drug-likeness (QED) is 0.632. The van der Waals surface area contributed by atoms with Crippen LogP contribution in [0.1, 0.15) is 12.8 Å². The molecule has 1 saturated carbocycles. The number of nitrogens with zero attached hydrogens (tertiary/aromatic N) is 1. The first-order chi connectivity index (χ1) is 7.25. The fraction of sp³-hybridized carbons (Fsp3) is 0.500. The van der Waals surface area contributed by atoms with Crippen LogP contribution < -0.4 is 0 Å². The molecular weight excluding hydrogens is 190 g/mol. The Hall–Kier alpha value is -0.570. The number of rotatable bonds is 2. The molecule has 2 aliphatic rings. The van der Waals surface area contributed by atoms with Gasteiger partial charge < -0.3 is 9.64 Å². The van der Waals surface area contributed by atoms with Gasteiger partial charge in [0.2, 0.25) is 0 Å². The number of carbonyl (C=O) groups excluding carboxylic acids is 1. The van der Waals surface area contributed by atoms with E-state index >= 15 is 0 Å². The number of esters is 1. The van der Waals surface area contributed by atoms with E-state index in [1.54, 1.807) is 12.8 Å². The number of hydrogen-bond acceptors (Lipinski definition) is 3. The summed E-state index contributed by atoms with van der Waals surface area (Å²) >= 11 is 0. The van der Waals surface area contributed by atoms with Crippen LogP contribution >= 0.6 is 0 Å². The molecule has 81 valence electrons. The summed E-state index contributed by atoms with van der Waals surface area (Å²) in [6.45, 7) is 2.03. The zero-order valence-corrected chi connectivity index (χ0v) is 8.98. The summed E-state index contributed by atoms with van der Waals surface area (Å²) in [4.78, 5) is 13.9. The smallest absolute Gasteiger partial charge is 0.314 e. The number of ether oxygens (including phenoxy) is 1. The first kappa shape index (κ1) is 10.9. The topological polar surface area (TPSA) is 29.5 Å². The fourth-order valence-electron chi connectivity index (χ4n) is 1.83. The van der Waals surface area contributed by atoms with Gasteiger partial charge in [0.05, 0.1) is 5.92 Å². The maximum absolute atomic E-state index is 11.6. The van der Waals surface area contributed by atoms with Gasteiger partial charge >= 0.3 is 5.97 Å². The lowest BCUT2D eigenvalue weighted by Crippen LogP contribution is -2.36. The van der Waals surface area contributed by atoms with Crippen molar-refractivity contribution >= 4 is 5.97 Å². The molecule has 0 aromatic rings. The van der Waals surface area contributed by atoms with Crippen molar-refractivity contribution in [3.05, 3.63) is 31.6 Å². The van der Waals surface area contributed by atoms with Crippen LogP contribution in [0.2, 0.25) is 0 Å². The molecule has 0 aromatic carbocycles. The normalized spacial score (nSPS) is 25.7. The molecule has 1 heterocycles. The highest BCUT2D eigenvalue weighted by molar-refractivity contribution is 5.91. The highest BCUT2D eigenvalue weighted by Crippen LogP contribution is 2.25. The zero-order chi connectivity index (χ0) is 10.7. The first-order valence-corrected chi connectivity index (χ1v) is 5.37. The van der Waals surface area contributed by atoms with Crippen molar-refractivity contribution in [3.8, 4) is 0 Å². The van der Waals surface area contributed by atoms with E-state index in [4.69, 9.17) is 4.74 Å². The first-order valence-electron chi connectivity index (χ1n) is 5.37. The average Bonchev–Trinajstić information content (AvgIpc) is 2.74. The highest BCUT2D eigenvalue weighted by Gasteiger charge is 2.29. The van der Waals surface area contributed by atoms with Gasteiger partial charge in [-0.25, -0.2) is 0 Å². The number of likely N-dealkylation sites (tertiary alicyclic amines) is 1. The Kier molecular flexibility index (Phi) is 3.62. The van der Waals surface area contributed by atoms with Gasteiger partial charge in [0.1, 0.15) is 6.10 Å². The minimum Gasteiger partial charge on any atom is -0.462 e. The van der Waals surface area contributed by atoms with Crippen LogP contribution in [-0.4, -0.2) is 37.1 Å². The van der Waals surface area contributed by atoms with Gasteiger partial charge in [0, 0.05) is 13.1 Å². The van der Waals surface area contributed by atoms with Crippen molar-refractivity contribution in [2.24, 2.45) is 0 Å². The van der Waals surface area contributed by atoms with Crippen LogP contribution in [0.4, 0.5) is 0 Å². The number of carbonyl (C=O) groups is 1. The summed E-state index contributed by atoms with van der Waals surface area (Å²) in [5, 5.41) is 0. The summed E-state index contributed by atoms with van der Waals surface area (Å²) < 4.78 is 5.42. The SMILES string of the molecule is CN1CCC(OC(=O)[C]2[CH][CH][CH][CH]2)CC1. The maximum atomic E-state index is 11.6. The predicted octanol–water partition coefficient (Wildman–Crippen LogP) is 1.03. The molecule has 0 amide bonds. The number of piperidine rings is 1. The largest absolute Gasteiger partial charge is 0.462 e. The molecule has 0 atom stereocenters. The Morgan fingerprint density at radius 2 is 1.93 bits per heavy atom. The van der Waals surface area contributed by atoms with Crippen LogP contribution in [0.5, 0.6) is 0 Å². The summed E-state index contributed by atoms with van der Waals surface area (Å²) in [7, 11) is 2.09. The van der Waals surface area contributed by atoms with Gasteiger partial charge in [0.25, 0.3) is 0 Å². The third-order valence-corrected chi connectivity index (χ3v) is 2.84. The van der Waals surface area contributed by atoms with E-state index in [1.165, 1.54) is 0 Å². The van der Waals surface area contributed by atoms with Gasteiger partial charge in [-0.1, -0.05) is 0 Å². The molecule has 0 bridgehead atoms. The second-order valence-electron chi connectivity index (χ2n) is 4.08. The molecule has 0 N–H and O–H groups in total. The van der Waals surface area contributed by atoms with Crippen LogP contribution in [0.25, 0.3) is 0 Å². The van der Waals surface area contributed by atoms with E-state index in [2.05, 4.69) is 11.9 Å². The highest BCUT2D eigenvalue weighted by atomic mass is 16.5. The minimum atomic E-state index is -0.186. The molecule has 1 aliphatic heterocycles. The van der Waals surface area contributed by atoms with E-state index in [0.717, 1.165) is 25.9 Å². The molecule has 0 spiro atoms. The van der Waals surface area contributed by atoms with Crippen LogP contribution in [-0.2, 0) is 9.53 Å². The van der Waals surface area contributed by atoms with Crippen molar-refractivity contribution in [1.29, 1.82) is 0 Å². The van der Waals surface area contributed by atoms with E-state index < -0.39 is 0 Å². The molecule has 0 unspecified atom stereocenters. The molecular formula is C12H16NO2. The molecule has 3 nitrogen and oxygen atoms in total. The predicted molar refractivity (Wildman–Crippen MR) is 57.1 cm³/mol. The van der Waals surface area contributed by atoms with E-state index in [-0.39, 0.29) is 12.1 Å². The Labute approximate surface area is 91.8 Å². The van der Waals surface area contributed by atoms with Crippen LogP contribution in [0.3, 0.4) is 0 Å². The molecule has 1 saturated heterocycles. The summed E-state index contributed by atoms with van der Waals surface area (Å²) in [5.74, 6) is 0.475. The second kappa shape index (κ2) is 4.97. The summed E-state index contributed by atoms with van der Waals surface area (Å²) in [6.07, 6.45) is 9.28. The molecule has 3 heteroatoms. The molecule has 0 aromatic heterocycles. The summed E-state index contributed by atoms with van der Waals surface area (Å²) in [6, 6.07) is 0. The molecule has 2 rings (SSSR count). The standard InChI is InChI=1S/C12H16NO2/c1-13-8-6-11(7-9-13)15-12(14)10-4-2-3-5-10/h2-5,11H,6-9H2,1H3. The summed E-state index contributed by atoms with van der Waals surface area (Å²) in [5.41, 5.74) is 0. The van der Waals surface area contributed by atoms with Crippen molar-refractivity contribution in [1.82, 2.24) is 4.90 Å². The van der Waals surface area contributed by atoms with E-state index in [1.807, 2.05) is 12.8 Å². The Morgan fingerprint density at radius 1 is 1.33 bits per heavy atom. The third kappa shape index (κ3) is 2.94. The van der Waals surface area contributed by atoms with Crippen LogP contribution in [0, 0.1) is 31.6 Å². The Morgan fingerprint density at radius 3 is 2.53 bits per heavy atom. The monoisotopic (exact) mass is 206 g/mol. The van der Waals surface area contributed by atoms with Gasteiger partial charge in [-0.15, -0.1) is 0 Å². The molecule has 2 fully saturated rings. The number of hydrogen-bond donors (Lipinski definition) is 0. The van der Waals surface area contributed by atoms with E-state index in [9.17, 15) is 4.79 Å². The van der Waals surface area contributed by atoms with Crippen molar-refractivity contribution in [2.45, 2.75) is 18.9 Å². The van der Waals surface area contributed by atoms with Gasteiger partial charge in [-0.3, -0.25) is 4.79 Å². The molecule has 1 aliphatic carbocycles. The zero-order valence-electron chi connectivity index (χ0n) is 8.98. The second-order valence-corrected chi connectivity index (χ2v) is 4.08. The lowest BCUT2D eigenvalue weighted by molar-refractivity contribution is -0.147. The van der Waals surface area contributed by atoms with Crippen molar-refractivity contribution in [3.63, 3.8) is 0 Å². The minimum absolute atomic E-state index is 0.101. The van der Waals surface area contributed by atoms with Gasteiger partial charge in [-0.2, -0.15) is 0 Å². The lowest BCUT2D eigenvalue weighted by Gasteiger charge is -2.29. The average molecular weight is 206 g/mol. The van der Waals surface area contributed by atoms with Crippen molar-refractivity contribution < 1.29 is 9.53 Å². The van der Waals surface area contributed by atoms with Gasteiger partial charge in [-0.05, 0) is 45.6 Å². The maximum Gasteiger partial charge on any atom is 0.314 e. The van der Waals surface area contributed by atoms with Gasteiger partial charge in [0.15, 0.2) is 0 Å². The van der Waals surface area contributed by atoms with Crippen molar-refractivity contribution in [2.75, 3.05) is 20.1 Å². The Bertz CT molecular complexity index is 216. The lowest BCUT2D eigenvalue weighted by atomic mass is 10.1. The molecule has 5 radical (unpaired) electrons. The molecule has 15 heavy (non-hydrogen) atoms. The Balaban J connectivity index is 1.74.